The summed E-state index contributed by atoms with van der Waals surface area (Å²) in [4.78, 5) is 28.0. The third-order valence-electron chi connectivity index (χ3n) is 4.69. The van der Waals surface area contributed by atoms with Gasteiger partial charge in [0.2, 0.25) is 0 Å². The summed E-state index contributed by atoms with van der Waals surface area (Å²) >= 11 is 6.25. The van der Waals surface area contributed by atoms with Crippen LogP contribution in [0.2, 0.25) is 5.02 Å². The highest BCUT2D eigenvalue weighted by molar-refractivity contribution is 6.33. The number of hydrogen-bond acceptors (Lipinski definition) is 4. The molecule has 0 aliphatic carbocycles. The molecular weight excluding hydrogens is 364 g/mol. The molecule has 0 aromatic heterocycles. The molecule has 1 fully saturated rings. The van der Waals surface area contributed by atoms with Gasteiger partial charge < -0.3 is 14.5 Å². The highest BCUT2D eigenvalue weighted by Crippen LogP contribution is 2.26. The lowest BCUT2D eigenvalue weighted by atomic mass is 10.1. The van der Waals surface area contributed by atoms with Gasteiger partial charge in [0.05, 0.1) is 10.7 Å². The molecule has 142 valence electrons. The van der Waals surface area contributed by atoms with Gasteiger partial charge in [-0.15, -0.1) is 0 Å². The van der Waals surface area contributed by atoms with Crippen LogP contribution in [0.25, 0.3) is 0 Å². The number of hydrogen-bond donors (Lipinski definition) is 0. The third-order valence-corrected chi connectivity index (χ3v) is 5.00. The number of nitrogens with zero attached hydrogens (tertiary/aromatic N) is 2. The summed E-state index contributed by atoms with van der Waals surface area (Å²) in [6, 6.07) is 14.7. The van der Waals surface area contributed by atoms with Crippen LogP contribution in [0.4, 0.5) is 5.69 Å². The zero-order chi connectivity index (χ0) is 19.2. The van der Waals surface area contributed by atoms with Crippen molar-refractivity contribution in [2.24, 2.45) is 0 Å². The average molecular weight is 387 g/mol. The van der Waals surface area contributed by atoms with Crippen molar-refractivity contribution >= 4 is 29.0 Å². The molecule has 0 saturated carbocycles. The molecular formula is C21H23ClN2O3. The first-order chi connectivity index (χ1) is 13.1. The monoisotopic (exact) mass is 386 g/mol. The number of amides is 1. The van der Waals surface area contributed by atoms with E-state index in [1.165, 1.54) is 0 Å². The van der Waals surface area contributed by atoms with Crippen molar-refractivity contribution in [3.8, 4) is 5.75 Å². The van der Waals surface area contributed by atoms with Crippen LogP contribution in [0, 0.1) is 0 Å². The van der Waals surface area contributed by atoms with Gasteiger partial charge in [0.1, 0.15) is 5.75 Å². The van der Waals surface area contributed by atoms with Crippen molar-refractivity contribution < 1.29 is 14.3 Å². The molecule has 0 spiro atoms. The zero-order valence-electron chi connectivity index (χ0n) is 15.4. The maximum atomic E-state index is 12.4. The first-order valence-corrected chi connectivity index (χ1v) is 9.49. The second kappa shape index (κ2) is 8.91. The summed E-state index contributed by atoms with van der Waals surface area (Å²) in [6.07, 6.45) is 0.471. The van der Waals surface area contributed by atoms with Gasteiger partial charge in [-0.2, -0.15) is 0 Å². The van der Waals surface area contributed by atoms with Gasteiger partial charge in [0, 0.05) is 38.2 Å². The topological polar surface area (TPSA) is 49.9 Å². The van der Waals surface area contributed by atoms with E-state index in [0.29, 0.717) is 30.8 Å². The lowest BCUT2D eigenvalue weighted by Crippen LogP contribution is -2.50. The van der Waals surface area contributed by atoms with Gasteiger partial charge in [0.15, 0.2) is 12.4 Å². The Labute approximate surface area is 164 Å². The summed E-state index contributed by atoms with van der Waals surface area (Å²) in [7, 11) is 0. The SMILES string of the molecule is CCC(=O)c1ccc(OCC(=O)N2CCN(c3ccccc3Cl)CC2)cc1. The van der Waals surface area contributed by atoms with Crippen LogP contribution in [0.3, 0.4) is 0 Å². The van der Waals surface area contributed by atoms with E-state index in [9.17, 15) is 9.59 Å². The van der Waals surface area contributed by atoms with E-state index in [0.717, 1.165) is 23.8 Å². The van der Waals surface area contributed by atoms with Crippen molar-refractivity contribution in [3.05, 3.63) is 59.1 Å². The van der Waals surface area contributed by atoms with Gasteiger partial charge in [-0.1, -0.05) is 30.7 Å². The highest BCUT2D eigenvalue weighted by atomic mass is 35.5. The van der Waals surface area contributed by atoms with Crippen molar-refractivity contribution in [2.45, 2.75) is 13.3 Å². The van der Waals surface area contributed by atoms with Crippen LogP contribution in [0.5, 0.6) is 5.75 Å². The molecule has 0 radical (unpaired) electrons. The molecule has 2 aromatic carbocycles. The standard InChI is InChI=1S/C21H23ClN2O3/c1-2-20(25)16-7-9-17(10-8-16)27-15-21(26)24-13-11-23(12-14-24)19-6-4-3-5-18(19)22/h3-10H,2,11-15H2,1H3. The lowest BCUT2D eigenvalue weighted by molar-refractivity contribution is -0.133. The molecule has 1 aliphatic rings. The van der Waals surface area contributed by atoms with Crippen LogP contribution in [-0.4, -0.2) is 49.4 Å². The number of carbonyl (C=O) groups excluding carboxylic acids is 2. The average Bonchev–Trinajstić information content (AvgIpc) is 2.72. The van der Waals surface area contributed by atoms with Crippen LogP contribution < -0.4 is 9.64 Å². The smallest absolute Gasteiger partial charge is 0.260 e. The molecule has 6 heteroatoms. The Morgan fingerprint density at radius 1 is 1.00 bits per heavy atom. The second-order valence-electron chi connectivity index (χ2n) is 6.41. The molecule has 1 heterocycles. The number of anilines is 1. The molecule has 1 saturated heterocycles. The summed E-state index contributed by atoms with van der Waals surface area (Å²) in [5.74, 6) is 0.641. The van der Waals surface area contributed by atoms with Gasteiger partial charge >= 0.3 is 0 Å². The van der Waals surface area contributed by atoms with Crippen molar-refractivity contribution in [3.63, 3.8) is 0 Å². The predicted octanol–water partition coefficient (Wildman–Crippen LogP) is 3.66. The molecule has 0 atom stereocenters. The summed E-state index contributed by atoms with van der Waals surface area (Å²) in [5.41, 5.74) is 1.66. The number of ether oxygens (including phenoxy) is 1. The van der Waals surface area contributed by atoms with Gasteiger partial charge in [0.25, 0.3) is 5.91 Å². The second-order valence-corrected chi connectivity index (χ2v) is 6.82. The molecule has 0 N–H and O–H groups in total. The van der Waals surface area contributed by atoms with Gasteiger partial charge in [-0.05, 0) is 36.4 Å². The highest BCUT2D eigenvalue weighted by Gasteiger charge is 2.22. The zero-order valence-corrected chi connectivity index (χ0v) is 16.1. The number of Topliss-reactive ketones (excluding diaryl/α,β-unsaturated/α-hetero) is 1. The molecule has 3 rings (SSSR count). The van der Waals surface area contributed by atoms with E-state index in [4.69, 9.17) is 16.3 Å². The number of carbonyl (C=O) groups is 2. The fourth-order valence-corrected chi connectivity index (χ4v) is 3.34. The maximum absolute atomic E-state index is 12.4. The Morgan fingerprint density at radius 3 is 2.30 bits per heavy atom. The minimum absolute atomic E-state index is 0.00678. The van der Waals surface area contributed by atoms with Crippen LogP contribution in [-0.2, 0) is 4.79 Å². The molecule has 1 amide bonds. The van der Waals surface area contributed by atoms with Crippen molar-refractivity contribution in [1.82, 2.24) is 4.90 Å². The van der Waals surface area contributed by atoms with Crippen LogP contribution in [0.1, 0.15) is 23.7 Å². The minimum Gasteiger partial charge on any atom is -0.484 e. The van der Waals surface area contributed by atoms with E-state index in [1.54, 1.807) is 24.3 Å². The largest absolute Gasteiger partial charge is 0.484 e. The van der Waals surface area contributed by atoms with E-state index in [1.807, 2.05) is 36.1 Å². The fraction of sp³-hybridized carbons (Fsp3) is 0.333. The molecule has 2 aromatic rings. The Morgan fingerprint density at radius 2 is 1.67 bits per heavy atom. The predicted molar refractivity (Wildman–Crippen MR) is 107 cm³/mol. The van der Waals surface area contributed by atoms with E-state index in [2.05, 4.69) is 4.90 Å². The van der Waals surface area contributed by atoms with Crippen LogP contribution in [0.15, 0.2) is 48.5 Å². The fourth-order valence-electron chi connectivity index (χ4n) is 3.08. The van der Waals surface area contributed by atoms with E-state index in [-0.39, 0.29) is 18.3 Å². The van der Waals surface area contributed by atoms with E-state index < -0.39 is 0 Å². The number of para-hydroxylation sites is 1. The number of piperazine rings is 1. The number of rotatable bonds is 6. The summed E-state index contributed by atoms with van der Waals surface area (Å²) in [5, 5.41) is 0.727. The molecule has 0 unspecified atom stereocenters. The number of ketones is 1. The van der Waals surface area contributed by atoms with Crippen molar-refractivity contribution in [1.29, 1.82) is 0 Å². The first-order valence-electron chi connectivity index (χ1n) is 9.12. The van der Waals surface area contributed by atoms with Crippen molar-refractivity contribution in [2.75, 3.05) is 37.7 Å². The Kier molecular flexibility index (Phi) is 6.35. The minimum atomic E-state index is -0.0393. The third kappa shape index (κ3) is 4.80. The van der Waals surface area contributed by atoms with Gasteiger partial charge in [-0.25, -0.2) is 0 Å². The number of halogens is 1. The first kappa shape index (κ1) is 19.2. The Balaban J connectivity index is 1.48. The lowest BCUT2D eigenvalue weighted by Gasteiger charge is -2.36. The molecule has 5 nitrogen and oxygen atoms in total. The van der Waals surface area contributed by atoms with Crippen LogP contribution >= 0.6 is 11.6 Å². The molecule has 1 aliphatic heterocycles. The van der Waals surface area contributed by atoms with E-state index >= 15 is 0 Å². The van der Waals surface area contributed by atoms with Gasteiger partial charge in [-0.3, -0.25) is 9.59 Å². The molecule has 0 bridgehead atoms. The Hall–Kier alpha value is -2.53. The summed E-state index contributed by atoms with van der Waals surface area (Å²) < 4.78 is 5.58. The molecule has 27 heavy (non-hydrogen) atoms. The number of benzene rings is 2. The summed E-state index contributed by atoms with van der Waals surface area (Å²) in [6.45, 7) is 4.57. The Bertz CT molecular complexity index is 799. The quantitative estimate of drug-likeness (QED) is 0.711. The normalized spacial score (nSPS) is 14.1. The maximum Gasteiger partial charge on any atom is 0.260 e.